The topological polar surface area (TPSA) is 44.5 Å². The van der Waals surface area contributed by atoms with Crippen LogP contribution in [0, 0.1) is 12.8 Å². The van der Waals surface area contributed by atoms with Crippen molar-refractivity contribution >= 4 is 0 Å². The summed E-state index contributed by atoms with van der Waals surface area (Å²) in [7, 11) is 0. The minimum atomic E-state index is 0.00319. The molecule has 0 aromatic heterocycles. The Kier molecular flexibility index (Phi) is 6.02. The maximum atomic E-state index is 6.25. The number of nitrogens with two attached hydrogens (primary N) is 1. The van der Waals surface area contributed by atoms with Crippen molar-refractivity contribution in [2.75, 3.05) is 19.8 Å². The van der Waals surface area contributed by atoms with Crippen molar-refractivity contribution in [3.8, 4) is 0 Å². The summed E-state index contributed by atoms with van der Waals surface area (Å²) < 4.78 is 11.6. The van der Waals surface area contributed by atoms with Crippen LogP contribution in [0.15, 0.2) is 24.3 Å². The molecule has 0 radical (unpaired) electrons. The third kappa shape index (κ3) is 4.30. The van der Waals surface area contributed by atoms with Crippen LogP contribution in [0.1, 0.15) is 43.4 Å². The molecule has 2 rings (SSSR count). The molecule has 20 heavy (non-hydrogen) atoms. The minimum Gasteiger partial charge on any atom is -0.381 e. The molecule has 1 saturated heterocycles. The molecule has 2 unspecified atom stereocenters. The van der Waals surface area contributed by atoms with Gasteiger partial charge in [-0.3, -0.25) is 0 Å². The molecule has 0 spiro atoms. The molecule has 0 bridgehead atoms. The largest absolute Gasteiger partial charge is 0.381 e. The van der Waals surface area contributed by atoms with Crippen molar-refractivity contribution in [1.29, 1.82) is 0 Å². The van der Waals surface area contributed by atoms with Crippen LogP contribution in [0.3, 0.4) is 0 Å². The Morgan fingerprint density at radius 2 is 1.90 bits per heavy atom. The molecule has 1 fully saturated rings. The van der Waals surface area contributed by atoms with E-state index in [2.05, 4.69) is 38.1 Å². The molecule has 0 saturated carbocycles. The molecule has 0 aliphatic carbocycles. The first-order valence-electron chi connectivity index (χ1n) is 7.72. The first kappa shape index (κ1) is 15.5. The molecule has 2 N–H and O–H groups in total. The molecule has 1 aromatic carbocycles. The smallest absolute Gasteiger partial charge is 0.0975 e. The van der Waals surface area contributed by atoms with Gasteiger partial charge in [0, 0.05) is 19.3 Å². The zero-order valence-electron chi connectivity index (χ0n) is 12.7. The summed E-state index contributed by atoms with van der Waals surface area (Å²) in [6, 6.07) is 8.59. The fourth-order valence-corrected chi connectivity index (χ4v) is 2.59. The van der Waals surface area contributed by atoms with Crippen molar-refractivity contribution in [3.63, 3.8) is 0 Å². The summed E-state index contributed by atoms with van der Waals surface area (Å²) in [5.41, 5.74) is 8.71. The Bertz CT molecular complexity index is 384. The van der Waals surface area contributed by atoms with Crippen LogP contribution in [0.25, 0.3) is 0 Å². The van der Waals surface area contributed by atoms with Crippen LogP contribution in [-0.2, 0) is 9.47 Å². The van der Waals surface area contributed by atoms with E-state index in [0.29, 0.717) is 5.92 Å². The number of benzene rings is 1. The van der Waals surface area contributed by atoms with Gasteiger partial charge in [0.1, 0.15) is 0 Å². The van der Waals surface area contributed by atoms with E-state index < -0.39 is 0 Å². The van der Waals surface area contributed by atoms with E-state index in [-0.39, 0.29) is 12.1 Å². The SMILES string of the molecule is CCC(N)C(OCC1CCOCC1)c1ccc(C)cc1. The second kappa shape index (κ2) is 7.77. The third-order valence-electron chi connectivity index (χ3n) is 4.12. The lowest BCUT2D eigenvalue weighted by molar-refractivity contribution is -0.0211. The van der Waals surface area contributed by atoms with Crippen molar-refractivity contribution < 1.29 is 9.47 Å². The van der Waals surface area contributed by atoms with Gasteiger partial charge in [0.05, 0.1) is 12.7 Å². The summed E-state index contributed by atoms with van der Waals surface area (Å²) in [6.45, 7) is 6.73. The highest BCUT2D eigenvalue weighted by Gasteiger charge is 2.22. The van der Waals surface area contributed by atoms with Gasteiger partial charge in [0.25, 0.3) is 0 Å². The number of hydrogen-bond acceptors (Lipinski definition) is 3. The molecule has 1 aliphatic rings. The lowest BCUT2D eigenvalue weighted by Gasteiger charge is -2.28. The molecule has 2 atom stereocenters. The Hall–Kier alpha value is -0.900. The van der Waals surface area contributed by atoms with E-state index in [1.165, 1.54) is 11.1 Å². The van der Waals surface area contributed by atoms with Gasteiger partial charge < -0.3 is 15.2 Å². The fourth-order valence-electron chi connectivity index (χ4n) is 2.59. The quantitative estimate of drug-likeness (QED) is 0.868. The minimum absolute atomic E-state index is 0.00319. The van der Waals surface area contributed by atoms with E-state index in [1.807, 2.05) is 0 Å². The van der Waals surface area contributed by atoms with Crippen molar-refractivity contribution in [3.05, 3.63) is 35.4 Å². The number of aryl methyl sites for hydroxylation is 1. The maximum absolute atomic E-state index is 6.25. The molecule has 1 heterocycles. The van der Waals surface area contributed by atoms with E-state index in [1.54, 1.807) is 0 Å². The Balaban J connectivity index is 1.97. The van der Waals surface area contributed by atoms with Crippen molar-refractivity contribution in [2.45, 2.75) is 45.3 Å². The number of hydrogen-bond donors (Lipinski definition) is 1. The van der Waals surface area contributed by atoms with Gasteiger partial charge in [0.15, 0.2) is 0 Å². The van der Waals surface area contributed by atoms with Crippen molar-refractivity contribution in [2.24, 2.45) is 11.7 Å². The van der Waals surface area contributed by atoms with Crippen LogP contribution in [0.5, 0.6) is 0 Å². The maximum Gasteiger partial charge on any atom is 0.0975 e. The molecule has 112 valence electrons. The summed E-state index contributed by atoms with van der Waals surface area (Å²) >= 11 is 0. The second-order valence-corrected chi connectivity index (χ2v) is 5.79. The molecule has 3 nitrogen and oxygen atoms in total. The van der Waals surface area contributed by atoms with Gasteiger partial charge in [-0.1, -0.05) is 36.8 Å². The average Bonchev–Trinajstić information content (AvgIpc) is 2.50. The van der Waals surface area contributed by atoms with Gasteiger partial charge in [-0.2, -0.15) is 0 Å². The van der Waals surface area contributed by atoms with Crippen LogP contribution in [0.2, 0.25) is 0 Å². The van der Waals surface area contributed by atoms with E-state index in [0.717, 1.165) is 39.1 Å². The summed E-state index contributed by atoms with van der Waals surface area (Å²) in [4.78, 5) is 0. The lowest BCUT2D eigenvalue weighted by Crippen LogP contribution is -2.31. The Morgan fingerprint density at radius 3 is 2.50 bits per heavy atom. The second-order valence-electron chi connectivity index (χ2n) is 5.79. The highest BCUT2D eigenvalue weighted by atomic mass is 16.5. The van der Waals surface area contributed by atoms with Gasteiger partial charge in [0.2, 0.25) is 0 Å². The zero-order valence-corrected chi connectivity index (χ0v) is 12.7. The van der Waals surface area contributed by atoms with Gasteiger partial charge in [-0.05, 0) is 37.7 Å². The number of rotatable bonds is 6. The number of ether oxygens (including phenoxy) is 2. The summed E-state index contributed by atoms with van der Waals surface area (Å²) in [5.74, 6) is 0.612. The van der Waals surface area contributed by atoms with Crippen LogP contribution in [0.4, 0.5) is 0 Å². The normalized spacial score (nSPS) is 19.8. The predicted molar refractivity (Wildman–Crippen MR) is 81.7 cm³/mol. The van der Waals surface area contributed by atoms with Crippen LogP contribution >= 0.6 is 0 Å². The molecular weight excluding hydrogens is 250 g/mol. The van der Waals surface area contributed by atoms with Crippen LogP contribution in [-0.4, -0.2) is 25.9 Å². The molecule has 0 amide bonds. The monoisotopic (exact) mass is 277 g/mol. The fraction of sp³-hybridized carbons (Fsp3) is 0.647. The Morgan fingerprint density at radius 1 is 1.25 bits per heavy atom. The molecule has 1 aliphatic heterocycles. The van der Waals surface area contributed by atoms with Gasteiger partial charge in [-0.15, -0.1) is 0 Å². The van der Waals surface area contributed by atoms with E-state index in [9.17, 15) is 0 Å². The third-order valence-corrected chi connectivity index (χ3v) is 4.12. The molecule has 3 heteroatoms. The highest BCUT2D eigenvalue weighted by Crippen LogP contribution is 2.25. The predicted octanol–water partition coefficient (Wildman–Crippen LogP) is 3.22. The van der Waals surface area contributed by atoms with Gasteiger partial charge >= 0.3 is 0 Å². The first-order chi connectivity index (χ1) is 9.70. The van der Waals surface area contributed by atoms with Gasteiger partial charge in [-0.25, -0.2) is 0 Å². The van der Waals surface area contributed by atoms with Crippen LogP contribution < -0.4 is 5.73 Å². The standard InChI is InChI=1S/C17H27NO2/c1-3-16(18)17(15-6-4-13(2)5-7-15)20-12-14-8-10-19-11-9-14/h4-7,14,16-17H,3,8-12,18H2,1-2H3. The van der Waals surface area contributed by atoms with E-state index >= 15 is 0 Å². The summed E-state index contributed by atoms with van der Waals surface area (Å²) in [6.07, 6.45) is 3.12. The molecule has 1 aromatic rings. The van der Waals surface area contributed by atoms with E-state index in [4.69, 9.17) is 15.2 Å². The summed E-state index contributed by atoms with van der Waals surface area (Å²) in [5, 5.41) is 0. The Labute approximate surface area is 122 Å². The average molecular weight is 277 g/mol. The first-order valence-corrected chi connectivity index (χ1v) is 7.72. The zero-order chi connectivity index (χ0) is 14.4. The molecular formula is C17H27NO2. The highest BCUT2D eigenvalue weighted by molar-refractivity contribution is 5.24. The van der Waals surface area contributed by atoms with Crippen molar-refractivity contribution in [1.82, 2.24) is 0 Å². The lowest BCUT2D eigenvalue weighted by atomic mass is 9.98.